The van der Waals surface area contributed by atoms with Crippen molar-refractivity contribution >= 4 is 41.9 Å². The number of nitrogens with zero attached hydrogens (tertiary/aromatic N) is 2. The number of hydrogen-bond acceptors (Lipinski definition) is 5. The lowest BCUT2D eigenvalue weighted by Crippen LogP contribution is -2.10. The van der Waals surface area contributed by atoms with E-state index in [9.17, 15) is 16.8 Å². The Kier molecular flexibility index (Phi) is 7.60. The van der Waals surface area contributed by atoms with Gasteiger partial charge in [-0.3, -0.25) is 0 Å². The zero-order chi connectivity index (χ0) is 24.7. The Labute approximate surface area is 209 Å². The van der Waals surface area contributed by atoms with Gasteiger partial charge < -0.3 is 0 Å². The van der Waals surface area contributed by atoms with Crippen molar-refractivity contribution in [3.8, 4) is 0 Å². The molecule has 0 unspecified atom stereocenters. The van der Waals surface area contributed by atoms with E-state index in [2.05, 4.69) is 8.80 Å². The van der Waals surface area contributed by atoms with Crippen molar-refractivity contribution in [2.45, 2.75) is 9.79 Å². The molecule has 9 heteroatoms. The number of sulfonamides is 2. The van der Waals surface area contributed by atoms with E-state index < -0.39 is 20.0 Å². The lowest BCUT2D eigenvalue weighted by atomic mass is 10.2. The summed E-state index contributed by atoms with van der Waals surface area (Å²) in [7, 11) is -8.14. The summed E-state index contributed by atoms with van der Waals surface area (Å²) in [5, 5.41) is 0.195. The van der Waals surface area contributed by atoms with Gasteiger partial charge in [-0.1, -0.05) is 97.1 Å². The summed E-state index contributed by atoms with van der Waals surface area (Å²) < 4.78 is 60.5. The molecule has 0 saturated heterocycles. The first-order valence-corrected chi connectivity index (χ1v) is 14.1. The van der Waals surface area contributed by atoms with E-state index in [1.165, 1.54) is 24.3 Å². The number of benzene rings is 4. The molecule has 0 aliphatic heterocycles. The van der Waals surface area contributed by atoms with Crippen LogP contribution in [0.4, 0.5) is 0 Å². The molecule has 4 aromatic rings. The van der Waals surface area contributed by atoms with Gasteiger partial charge in [0.05, 0.1) is 9.79 Å². The molecule has 0 fully saturated rings. The molecule has 0 amide bonds. The maximum atomic E-state index is 13.1. The molecule has 0 aliphatic carbocycles. The fourth-order valence-corrected chi connectivity index (χ4v) is 6.46. The quantitative estimate of drug-likeness (QED) is 0.251. The van der Waals surface area contributed by atoms with Crippen LogP contribution in [-0.4, -0.2) is 26.9 Å². The summed E-state index contributed by atoms with van der Waals surface area (Å²) in [5.74, 6) is 0. The molecular weight excluding hydrogens is 500 g/mol. The van der Waals surface area contributed by atoms with Gasteiger partial charge in [0.25, 0.3) is 20.0 Å². The van der Waals surface area contributed by atoms with Gasteiger partial charge in [-0.2, -0.15) is 25.6 Å². The standard InChI is InChI=1S/C26H20N2O4S3/c29-34(30,23-17-9-3-10-18-23)27-25(21-13-5-1-6-14-21)33-26(22-15-7-2-8-16-22)28-35(31,32)24-19-11-4-12-20-24/h1-20H. The minimum absolute atomic E-state index is 0.0316. The van der Waals surface area contributed by atoms with Crippen LogP contribution >= 0.6 is 11.8 Å². The summed E-state index contributed by atoms with van der Waals surface area (Å²) in [6, 6.07) is 33.1. The van der Waals surface area contributed by atoms with Crippen LogP contribution in [0.5, 0.6) is 0 Å². The van der Waals surface area contributed by atoms with E-state index in [-0.39, 0.29) is 19.9 Å². The monoisotopic (exact) mass is 520 g/mol. The number of rotatable bonds is 6. The molecule has 4 rings (SSSR count). The average molecular weight is 521 g/mol. The van der Waals surface area contributed by atoms with Gasteiger partial charge in [-0.15, -0.1) is 0 Å². The molecular formula is C26H20N2O4S3. The lowest BCUT2D eigenvalue weighted by molar-refractivity contribution is 0.596. The van der Waals surface area contributed by atoms with Crippen LogP contribution in [0.15, 0.2) is 140 Å². The van der Waals surface area contributed by atoms with E-state index in [1.807, 2.05) is 0 Å². The Morgan fingerprint density at radius 1 is 0.457 bits per heavy atom. The minimum atomic E-state index is -4.07. The van der Waals surface area contributed by atoms with Gasteiger partial charge in [-0.25, -0.2) is 0 Å². The summed E-state index contributed by atoms with van der Waals surface area (Å²) in [6.45, 7) is 0. The molecule has 0 atom stereocenters. The second kappa shape index (κ2) is 10.8. The smallest absolute Gasteiger partial charge is 0.199 e. The minimum Gasteiger partial charge on any atom is -0.199 e. The third kappa shape index (κ3) is 6.33. The normalized spacial score (nSPS) is 12.9. The van der Waals surface area contributed by atoms with Gasteiger partial charge >= 0.3 is 0 Å². The first-order valence-electron chi connectivity index (χ1n) is 10.4. The molecule has 35 heavy (non-hydrogen) atoms. The molecule has 0 N–H and O–H groups in total. The fourth-order valence-electron chi connectivity index (χ4n) is 3.02. The first kappa shape index (κ1) is 24.6. The Hall–Kier alpha value is -3.53. The molecule has 0 saturated carbocycles. The second-order valence-corrected chi connectivity index (χ2v) is 11.4. The highest BCUT2D eigenvalue weighted by atomic mass is 32.2. The molecule has 176 valence electrons. The van der Waals surface area contributed by atoms with Crippen molar-refractivity contribution in [1.82, 2.24) is 0 Å². The number of hydrogen-bond donors (Lipinski definition) is 0. The van der Waals surface area contributed by atoms with Crippen LogP contribution in [-0.2, 0) is 20.0 Å². The van der Waals surface area contributed by atoms with Gasteiger partial charge in [0.15, 0.2) is 0 Å². The highest BCUT2D eigenvalue weighted by Gasteiger charge is 2.21. The Morgan fingerprint density at radius 3 is 1.06 bits per heavy atom. The highest BCUT2D eigenvalue weighted by Crippen LogP contribution is 2.25. The molecule has 0 aromatic heterocycles. The fraction of sp³-hybridized carbons (Fsp3) is 0. The number of thioether (sulfide) groups is 1. The van der Waals surface area contributed by atoms with Gasteiger partial charge in [-0.05, 0) is 36.0 Å². The third-order valence-electron chi connectivity index (χ3n) is 4.72. The third-order valence-corrected chi connectivity index (χ3v) is 8.58. The SMILES string of the molecule is O=S(=O)(N=C(SC(=NS(=O)(=O)c1ccccc1)c1ccccc1)c1ccccc1)c1ccccc1. The van der Waals surface area contributed by atoms with Gasteiger partial charge in [0.2, 0.25) is 0 Å². The largest absolute Gasteiger partial charge is 0.283 e. The van der Waals surface area contributed by atoms with E-state index in [4.69, 9.17) is 0 Å². The van der Waals surface area contributed by atoms with Crippen molar-refractivity contribution in [3.63, 3.8) is 0 Å². The van der Waals surface area contributed by atoms with Crippen molar-refractivity contribution in [2.24, 2.45) is 8.80 Å². The maximum absolute atomic E-state index is 13.1. The molecule has 4 aromatic carbocycles. The Balaban J connectivity index is 1.86. The van der Waals surface area contributed by atoms with E-state index in [0.29, 0.717) is 11.1 Å². The molecule has 6 nitrogen and oxygen atoms in total. The Morgan fingerprint density at radius 2 is 0.743 bits per heavy atom. The topological polar surface area (TPSA) is 93.0 Å². The molecule has 0 aliphatic rings. The lowest BCUT2D eigenvalue weighted by Gasteiger charge is -2.10. The summed E-state index contributed by atoms with van der Waals surface area (Å²) in [5.41, 5.74) is 1.02. The van der Waals surface area contributed by atoms with Crippen molar-refractivity contribution in [1.29, 1.82) is 0 Å². The predicted octanol–water partition coefficient (Wildman–Crippen LogP) is 5.39. The zero-order valence-corrected chi connectivity index (χ0v) is 20.7. The summed E-state index contributed by atoms with van der Waals surface area (Å²) >= 11 is 0.881. The second-order valence-electron chi connectivity index (χ2n) is 7.20. The van der Waals surface area contributed by atoms with Crippen LogP contribution in [0.2, 0.25) is 0 Å². The van der Waals surface area contributed by atoms with Crippen LogP contribution in [0.25, 0.3) is 0 Å². The van der Waals surface area contributed by atoms with Crippen molar-refractivity contribution in [3.05, 3.63) is 132 Å². The predicted molar refractivity (Wildman–Crippen MR) is 141 cm³/mol. The van der Waals surface area contributed by atoms with Crippen LogP contribution in [0.3, 0.4) is 0 Å². The summed E-state index contributed by atoms with van der Waals surface area (Å²) in [4.78, 5) is 0.0632. The zero-order valence-electron chi connectivity index (χ0n) is 18.3. The summed E-state index contributed by atoms with van der Waals surface area (Å²) in [6.07, 6.45) is 0. The molecule has 0 radical (unpaired) electrons. The van der Waals surface area contributed by atoms with Crippen LogP contribution < -0.4 is 0 Å². The Bertz CT molecular complexity index is 1430. The van der Waals surface area contributed by atoms with Crippen molar-refractivity contribution < 1.29 is 16.8 Å². The van der Waals surface area contributed by atoms with Gasteiger partial charge in [0.1, 0.15) is 10.1 Å². The van der Waals surface area contributed by atoms with E-state index in [0.717, 1.165) is 11.8 Å². The van der Waals surface area contributed by atoms with Crippen LogP contribution in [0, 0.1) is 0 Å². The van der Waals surface area contributed by atoms with Crippen LogP contribution in [0.1, 0.15) is 11.1 Å². The average Bonchev–Trinajstić information content (AvgIpc) is 2.90. The molecule has 0 spiro atoms. The highest BCUT2D eigenvalue weighted by molar-refractivity contribution is 8.28. The maximum Gasteiger partial charge on any atom is 0.283 e. The van der Waals surface area contributed by atoms with Gasteiger partial charge in [0, 0.05) is 11.1 Å². The molecule has 0 heterocycles. The molecule has 0 bridgehead atoms. The van der Waals surface area contributed by atoms with E-state index >= 15 is 0 Å². The first-order chi connectivity index (χ1) is 16.9. The van der Waals surface area contributed by atoms with Crippen molar-refractivity contribution in [2.75, 3.05) is 0 Å². The van der Waals surface area contributed by atoms with E-state index in [1.54, 1.807) is 97.1 Å².